The van der Waals surface area contributed by atoms with Crippen molar-refractivity contribution in [1.29, 1.82) is 0 Å². The predicted molar refractivity (Wildman–Crippen MR) is 71.1 cm³/mol. The minimum Gasteiger partial charge on any atom is -0.396 e. The average molecular weight is 233 g/mol. The summed E-state index contributed by atoms with van der Waals surface area (Å²) in [5.74, 6) is 0.567. The van der Waals surface area contributed by atoms with Gasteiger partial charge in [0, 0.05) is 12.6 Å². The number of benzene rings is 1. The van der Waals surface area contributed by atoms with Gasteiger partial charge in [-0.3, -0.25) is 0 Å². The van der Waals surface area contributed by atoms with Gasteiger partial charge in [-0.2, -0.15) is 0 Å². The summed E-state index contributed by atoms with van der Waals surface area (Å²) < 4.78 is 0. The first kappa shape index (κ1) is 12.6. The van der Waals surface area contributed by atoms with Gasteiger partial charge in [0.2, 0.25) is 0 Å². The Morgan fingerprint density at radius 1 is 1.35 bits per heavy atom. The predicted octanol–water partition coefficient (Wildman–Crippen LogP) is 2.15. The van der Waals surface area contributed by atoms with Crippen LogP contribution < -0.4 is 5.32 Å². The molecule has 2 heteroatoms. The quantitative estimate of drug-likeness (QED) is 0.817. The van der Waals surface area contributed by atoms with E-state index in [1.807, 2.05) is 0 Å². The molecule has 0 radical (unpaired) electrons. The number of hydrogen-bond donors (Lipinski definition) is 2. The molecule has 2 rings (SSSR count). The Morgan fingerprint density at radius 2 is 2.12 bits per heavy atom. The third-order valence-corrected chi connectivity index (χ3v) is 3.72. The number of nitrogens with one attached hydrogen (secondary N) is 1. The number of rotatable bonds is 5. The molecule has 0 spiro atoms. The minimum absolute atomic E-state index is 0.302. The van der Waals surface area contributed by atoms with E-state index >= 15 is 0 Å². The second-order valence-corrected chi connectivity index (χ2v) is 5.23. The summed E-state index contributed by atoms with van der Waals surface area (Å²) >= 11 is 0. The summed E-state index contributed by atoms with van der Waals surface area (Å²) in [6.07, 6.45) is 4.49. The molecule has 1 aromatic carbocycles. The maximum absolute atomic E-state index is 8.88. The Labute approximate surface area is 104 Å². The molecular formula is C15H23NO. The van der Waals surface area contributed by atoms with Crippen molar-refractivity contribution >= 4 is 0 Å². The standard InChI is InChI=1S/C15H23NO/c1-12(8-9-17)11-16-15-7-6-13-4-2-3-5-14(13)10-15/h2-5,12,15-17H,6-11H2,1H3. The smallest absolute Gasteiger partial charge is 0.0434 e. The first-order valence-electron chi connectivity index (χ1n) is 6.70. The zero-order valence-corrected chi connectivity index (χ0v) is 10.7. The largest absolute Gasteiger partial charge is 0.396 e. The van der Waals surface area contributed by atoms with Crippen LogP contribution in [0.2, 0.25) is 0 Å². The zero-order chi connectivity index (χ0) is 12.1. The molecule has 1 aromatic rings. The van der Waals surface area contributed by atoms with Gasteiger partial charge in [0.05, 0.1) is 0 Å². The molecule has 1 aliphatic rings. The number of hydrogen-bond acceptors (Lipinski definition) is 2. The van der Waals surface area contributed by atoms with Crippen LogP contribution in [0.1, 0.15) is 30.9 Å². The van der Waals surface area contributed by atoms with E-state index in [9.17, 15) is 0 Å². The van der Waals surface area contributed by atoms with Crippen LogP contribution in [0.3, 0.4) is 0 Å². The molecule has 2 N–H and O–H groups in total. The molecule has 0 aliphatic heterocycles. The van der Waals surface area contributed by atoms with Gasteiger partial charge in [-0.1, -0.05) is 31.2 Å². The van der Waals surface area contributed by atoms with Crippen molar-refractivity contribution in [2.24, 2.45) is 5.92 Å². The Balaban J connectivity index is 1.82. The molecule has 2 atom stereocenters. The third kappa shape index (κ3) is 3.55. The van der Waals surface area contributed by atoms with Gasteiger partial charge >= 0.3 is 0 Å². The Hall–Kier alpha value is -0.860. The highest BCUT2D eigenvalue weighted by Crippen LogP contribution is 2.21. The van der Waals surface area contributed by atoms with Crippen molar-refractivity contribution in [3.05, 3.63) is 35.4 Å². The van der Waals surface area contributed by atoms with Crippen LogP contribution >= 0.6 is 0 Å². The van der Waals surface area contributed by atoms with Crippen molar-refractivity contribution in [2.75, 3.05) is 13.2 Å². The summed E-state index contributed by atoms with van der Waals surface area (Å²) in [5.41, 5.74) is 3.03. The van der Waals surface area contributed by atoms with Crippen molar-refractivity contribution in [1.82, 2.24) is 5.32 Å². The van der Waals surface area contributed by atoms with Crippen molar-refractivity contribution in [3.8, 4) is 0 Å². The number of aliphatic hydroxyl groups is 1. The van der Waals surface area contributed by atoms with Crippen LogP contribution in [0.5, 0.6) is 0 Å². The highest BCUT2D eigenvalue weighted by molar-refractivity contribution is 5.30. The SMILES string of the molecule is CC(CCO)CNC1CCc2ccccc2C1. The lowest BCUT2D eigenvalue weighted by Gasteiger charge is -2.26. The van der Waals surface area contributed by atoms with Gasteiger partial charge in [0.1, 0.15) is 0 Å². The lowest BCUT2D eigenvalue weighted by molar-refractivity contribution is 0.256. The Morgan fingerprint density at radius 3 is 2.88 bits per heavy atom. The van der Waals surface area contributed by atoms with E-state index in [2.05, 4.69) is 36.5 Å². The van der Waals surface area contributed by atoms with Crippen LogP contribution in [0, 0.1) is 5.92 Å². The fourth-order valence-electron chi connectivity index (χ4n) is 2.56. The average Bonchev–Trinajstić information content (AvgIpc) is 2.36. The molecule has 2 unspecified atom stereocenters. The molecule has 0 amide bonds. The van der Waals surface area contributed by atoms with Crippen LogP contribution in [0.25, 0.3) is 0 Å². The van der Waals surface area contributed by atoms with Gasteiger partial charge in [-0.05, 0) is 49.3 Å². The van der Waals surface area contributed by atoms with E-state index in [4.69, 9.17) is 5.11 Å². The van der Waals surface area contributed by atoms with E-state index in [1.165, 1.54) is 24.0 Å². The van der Waals surface area contributed by atoms with Crippen molar-refractivity contribution in [3.63, 3.8) is 0 Å². The lowest BCUT2D eigenvalue weighted by Crippen LogP contribution is -2.37. The summed E-state index contributed by atoms with van der Waals surface area (Å²) in [7, 11) is 0. The first-order valence-corrected chi connectivity index (χ1v) is 6.70. The Kier molecular flexibility index (Phi) is 4.57. The topological polar surface area (TPSA) is 32.3 Å². The molecule has 0 fully saturated rings. The summed E-state index contributed by atoms with van der Waals surface area (Å²) in [6.45, 7) is 3.52. The van der Waals surface area contributed by atoms with E-state index in [-0.39, 0.29) is 0 Å². The van der Waals surface area contributed by atoms with E-state index < -0.39 is 0 Å². The van der Waals surface area contributed by atoms with Crippen molar-refractivity contribution in [2.45, 2.75) is 38.6 Å². The molecule has 17 heavy (non-hydrogen) atoms. The molecule has 2 nitrogen and oxygen atoms in total. The second kappa shape index (κ2) is 6.18. The fourth-order valence-corrected chi connectivity index (χ4v) is 2.56. The highest BCUT2D eigenvalue weighted by atomic mass is 16.3. The molecule has 0 saturated heterocycles. The fraction of sp³-hybridized carbons (Fsp3) is 0.600. The minimum atomic E-state index is 0.302. The van der Waals surface area contributed by atoms with E-state index in [0.717, 1.165) is 19.4 Å². The van der Waals surface area contributed by atoms with Gasteiger partial charge < -0.3 is 10.4 Å². The maximum Gasteiger partial charge on any atom is 0.0434 e. The highest BCUT2D eigenvalue weighted by Gasteiger charge is 2.17. The van der Waals surface area contributed by atoms with Crippen LogP contribution in [-0.2, 0) is 12.8 Å². The Bertz CT molecular complexity index is 351. The molecule has 94 valence electrons. The molecular weight excluding hydrogens is 210 g/mol. The summed E-state index contributed by atoms with van der Waals surface area (Å²) in [5, 5.41) is 12.5. The molecule has 0 bridgehead atoms. The monoisotopic (exact) mass is 233 g/mol. The maximum atomic E-state index is 8.88. The third-order valence-electron chi connectivity index (χ3n) is 3.72. The second-order valence-electron chi connectivity index (χ2n) is 5.23. The molecule has 0 saturated carbocycles. The van der Waals surface area contributed by atoms with Crippen LogP contribution in [0.4, 0.5) is 0 Å². The van der Waals surface area contributed by atoms with Gasteiger partial charge in [0.25, 0.3) is 0 Å². The molecule has 0 aromatic heterocycles. The molecule has 0 heterocycles. The number of aryl methyl sites for hydroxylation is 1. The van der Waals surface area contributed by atoms with E-state index in [0.29, 0.717) is 18.6 Å². The normalized spacial score (nSPS) is 20.9. The number of fused-ring (bicyclic) bond motifs is 1. The van der Waals surface area contributed by atoms with Crippen molar-refractivity contribution < 1.29 is 5.11 Å². The molecule has 1 aliphatic carbocycles. The van der Waals surface area contributed by atoms with E-state index in [1.54, 1.807) is 0 Å². The summed E-state index contributed by atoms with van der Waals surface area (Å²) in [4.78, 5) is 0. The van der Waals surface area contributed by atoms with Gasteiger partial charge in [-0.25, -0.2) is 0 Å². The zero-order valence-electron chi connectivity index (χ0n) is 10.7. The van der Waals surface area contributed by atoms with Crippen LogP contribution in [0.15, 0.2) is 24.3 Å². The first-order chi connectivity index (χ1) is 8.29. The van der Waals surface area contributed by atoms with Gasteiger partial charge in [-0.15, -0.1) is 0 Å². The van der Waals surface area contributed by atoms with Gasteiger partial charge in [0.15, 0.2) is 0 Å². The summed E-state index contributed by atoms with van der Waals surface area (Å²) in [6, 6.07) is 9.39. The number of aliphatic hydroxyl groups excluding tert-OH is 1. The lowest BCUT2D eigenvalue weighted by atomic mass is 9.88. The van der Waals surface area contributed by atoms with Crippen LogP contribution in [-0.4, -0.2) is 24.3 Å².